The van der Waals surface area contributed by atoms with E-state index in [-0.39, 0.29) is 12.5 Å². The quantitative estimate of drug-likeness (QED) is 0.618. The average Bonchev–Trinajstić information content (AvgIpc) is 3.12. The lowest BCUT2D eigenvalue weighted by Crippen LogP contribution is -2.30. The summed E-state index contributed by atoms with van der Waals surface area (Å²) in [4.78, 5) is 31.5. The summed E-state index contributed by atoms with van der Waals surface area (Å²) < 4.78 is 5.19. The standard InChI is InChI=1S/C19H17ClN2O3S/c1-12-16(9-13-8-14(20)5-6-17(13)21-12)19(24)25-11-18(23)22(2)10-15-4-3-7-26-15/h3-9H,10-11H2,1-2H3. The average molecular weight is 389 g/mol. The van der Waals surface area contributed by atoms with Crippen LogP contribution in [0.4, 0.5) is 0 Å². The van der Waals surface area contributed by atoms with Crippen molar-refractivity contribution in [2.45, 2.75) is 13.5 Å². The van der Waals surface area contributed by atoms with Gasteiger partial charge in [0.05, 0.1) is 23.3 Å². The molecule has 3 aromatic rings. The van der Waals surface area contributed by atoms with Crippen LogP contribution in [0.25, 0.3) is 10.9 Å². The van der Waals surface area contributed by atoms with Crippen LogP contribution in [0.15, 0.2) is 41.8 Å². The molecule has 0 unspecified atom stereocenters. The van der Waals surface area contributed by atoms with Crippen LogP contribution in [0.1, 0.15) is 20.9 Å². The number of fused-ring (bicyclic) bond motifs is 1. The van der Waals surface area contributed by atoms with Gasteiger partial charge in [0.2, 0.25) is 0 Å². The Morgan fingerprint density at radius 2 is 2.08 bits per heavy atom. The summed E-state index contributed by atoms with van der Waals surface area (Å²) in [7, 11) is 1.68. The highest BCUT2D eigenvalue weighted by molar-refractivity contribution is 7.09. The van der Waals surface area contributed by atoms with E-state index in [1.807, 2.05) is 17.5 Å². The van der Waals surface area contributed by atoms with Gasteiger partial charge in [0.1, 0.15) is 0 Å². The first kappa shape index (κ1) is 18.4. The molecule has 0 spiro atoms. The van der Waals surface area contributed by atoms with Gasteiger partial charge in [-0.2, -0.15) is 0 Å². The highest BCUT2D eigenvalue weighted by atomic mass is 35.5. The van der Waals surface area contributed by atoms with E-state index >= 15 is 0 Å². The highest BCUT2D eigenvalue weighted by Crippen LogP contribution is 2.21. The van der Waals surface area contributed by atoms with Crippen LogP contribution in [0.2, 0.25) is 5.02 Å². The normalized spacial score (nSPS) is 10.7. The van der Waals surface area contributed by atoms with E-state index < -0.39 is 5.97 Å². The van der Waals surface area contributed by atoms with Crippen LogP contribution < -0.4 is 0 Å². The molecule has 0 aliphatic rings. The Morgan fingerprint density at radius 3 is 2.81 bits per heavy atom. The summed E-state index contributed by atoms with van der Waals surface area (Å²) in [6.07, 6.45) is 0. The number of carbonyl (C=O) groups is 2. The number of hydrogen-bond acceptors (Lipinski definition) is 5. The van der Waals surface area contributed by atoms with Crippen LogP contribution in [-0.4, -0.2) is 35.4 Å². The number of aromatic nitrogens is 1. The zero-order valence-corrected chi connectivity index (χ0v) is 15.9. The zero-order chi connectivity index (χ0) is 18.7. The molecular formula is C19H17ClN2O3S. The number of amides is 1. The Labute approximate surface area is 160 Å². The number of aryl methyl sites for hydroxylation is 1. The molecule has 5 nitrogen and oxygen atoms in total. The second-order valence-corrected chi connectivity index (χ2v) is 7.33. The third kappa shape index (κ3) is 4.20. The van der Waals surface area contributed by atoms with Gasteiger partial charge in [0.15, 0.2) is 6.61 Å². The molecule has 3 rings (SSSR count). The maximum atomic E-state index is 12.4. The molecule has 0 aliphatic heterocycles. The van der Waals surface area contributed by atoms with Gasteiger partial charge in [-0.1, -0.05) is 17.7 Å². The van der Waals surface area contributed by atoms with E-state index in [4.69, 9.17) is 16.3 Å². The molecule has 0 atom stereocenters. The molecule has 0 radical (unpaired) electrons. The molecule has 7 heteroatoms. The predicted octanol–water partition coefficient (Wildman–Crippen LogP) is 4.07. The molecule has 2 heterocycles. The van der Waals surface area contributed by atoms with Crippen molar-refractivity contribution in [1.29, 1.82) is 0 Å². The van der Waals surface area contributed by atoms with Gasteiger partial charge >= 0.3 is 5.97 Å². The summed E-state index contributed by atoms with van der Waals surface area (Å²) in [6.45, 7) is 1.91. The molecule has 0 fully saturated rings. The van der Waals surface area contributed by atoms with E-state index in [1.54, 1.807) is 49.6 Å². The number of rotatable bonds is 5. The first-order chi connectivity index (χ1) is 12.4. The van der Waals surface area contributed by atoms with E-state index in [9.17, 15) is 9.59 Å². The van der Waals surface area contributed by atoms with Gasteiger partial charge in [-0.3, -0.25) is 9.78 Å². The Balaban J connectivity index is 1.66. The molecule has 26 heavy (non-hydrogen) atoms. The maximum Gasteiger partial charge on any atom is 0.340 e. The third-order valence-electron chi connectivity index (χ3n) is 3.91. The molecule has 1 amide bonds. The number of likely N-dealkylation sites (N-methyl/N-ethyl adjacent to an activating group) is 1. The van der Waals surface area contributed by atoms with Crippen LogP contribution >= 0.6 is 22.9 Å². The molecule has 0 saturated heterocycles. The first-order valence-electron chi connectivity index (χ1n) is 7.94. The second kappa shape index (κ2) is 7.85. The Morgan fingerprint density at radius 1 is 1.27 bits per heavy atom. The van der Waals surface area contributed by atoms with Gasteiger partial charge in [0.25, 0.3) is 5.91 Å². The molecule has 1 aromatic carbocycles. The van der Waals surface area contributed by atoms with Crippen molar-refractivity contribution in [2.24, 2.45) is 0 Å². The molecule has 2 aromatic heterocycles. The summed E-state index contributed by atoms with van der Waals surface area (Å²) >= 11 is 7.57. The van der Waals surface area contributed by atoms with Crippen LogP contribution in [-0.2, 0) is 16.1 Å². The number of pyridine rings is 1. The Bertz CT molecular complexity index is 957. The fraction of sp³-hybridized carbons (Fsp3) is 0.211. The lowest BCUT2D eigenvalue weighted by Gasteiger charge is -2.16. The minimum Gasteiger partial charge on any atom is -0.452 e. The molecule has 0 saturated carbocycles. The Hall–Kier alpha value is -2.44. The fourth-order valence-corrected chi connectivity index (χ4v) is 3.43. The van der Waals surface area contributed by atoms with Crippen molar-refractivity contribution in [3.05, 3.63) is 62.9 Å². The van der Waals surface area contributed by atoms with E-state index in [2.05, 4.69) is 4.98 Å². The monoisotopic (exact) mass is 388 g/mol. The smallest absolute Gasteiger partial charge is 0.340 e. The largest absolute Gasteiger partial charge is 0.452 e. The van der Waals surface area contributed by atoms with Crippen molar-refractivity contribution in [2.75, 3.05) is 13.7 Å². The number of benzene rings is 1. The van der Waals surface area contributed by atoms with Gasteiger partial charge in [-0.05, 0) is 42.6 Å². The topological polar surface area (TPSA) is 59.5 Å². The van der Waals surface area contributed by atoms with Gasteiger partial charge < -0.3 is 9.64 Å². The summed E-state index contributed by atoms with van der Waals surface area (Å²) in [5.74, 6) is -0.837. The van der Waals surface area contributed by atoms with Crippen molar-refractivity contribution >= 4 is 45.7 Å². The highest BCUT2D eigenvalue weighted by Gasteiger charge is 2.17. The van der Waals surface area contributed by atoms with Crippen molar-refractivity contribution in [1.82, 2.24) is 9.88 Å². The second-order valence-electron chi connectivity index (χ2n) is 5.86. The van der Waals surface area contributed by atoms with Crippen molar-refractivity contribution < 1.29 is 14.3 Å². The van der Waals surface area contributed by atoms with Gasteiger partial charge in [-0.15, -0.1) is 11.3 Å². The molecule has 0 N–H and O–H groups in total. The number of carbonyl (C=O) groups excluding carboxylic acids is 2. The SMILES string of the molecule is Cc1nc2ccc(Cl)cc2cc1C(=O)OCC(=O)N(C)Cc1cccs1. The molecule has 134 valence electrons. The summed E-state index contributed by atoms with van der Waals surface area (Å²) in [5, 5.41) is 3.26. The minimum atomic E-state index is -0.574. The number of esters is 1. The van der Waals surface area contributed by atoms with E-state index in [1.165, 1.54) is 4.90 Å². The van der Waals surface area contributed by atoms with E-state index in [0.717, 1.165) is 15.8 Å². The van der Waals surface area contributed by atoms with Crippen LogP contribution in [0.3, 0.4) is 0 Å². The van der Waals surface area contributed by atoms with Crippen LogP contribution in [0, 0.1) is 6.92 Å². The predicted molar refractivity (Wildman–Crippen MR) is 103 cm³/mol. The van der Waals surface area contributed by atoms with Gasteiger partial charge in [-0.25, -0.2) is 4.79 Å². The minimum absolute atomic E-state index is 0.263. The van der Waals surface area contributed by atoms with Gasteiger partial charge in [0, 0.05) is 22.3 Å². The Kier molecular flexibility index (Phi) is 5.54. The number of thiophene rings is 1. The lowest BCUT2D eigenvalue weighted by molar-refractivity contribution is -0.133. The number of ether oxygens (including phenoxy) is 1. The van der Waals surface area contributed by atoms with Crippen molar-refractivity contribution in [3.8, 4) is 0 Å². The molecular weight excluding hydrogens is 372 g/mol. The zero-order valence-electron chi connectivity index (χ0n) is 14.4. The van der Waals surface area contributed by atoms with E-state index in [0.29, 0.717) is 22.8 Å². The van der Waals surface area contributed by atoms with Crippen LogP contribution in [0.5, 0.6) is 0 Å². The first-order valence-corrected chi connectivity index (χ1v) is 9.20. The summed E-state index contributed by atoms with van der Waals surface area (Å²) in [5.41, 5.74) is 1.62. The third-order valence-corrected chi connectivity index (χ3v) is 5.01. The molecule has 0 bridgehead atoms. The fourth-order valence-electron chi connectivity index (χ4n) is 2.49. The van der Waals surface area contributed by atoms with Crippen molar-refractivity contribution in [3.63, 3.8) is 0 Å². The lowest BCUT2D eigenvalue weighted by atomic mass is 10.1. The molecule has 0 aliphatic carbocycles. The number of hydrogen-bond donors (Lipinski definition) is 0. The number of halogens is 1. The maximum absolute atomic E-state index is 12.4. The summed E-state index contributed by atoms with van der Waals surface area (Å²) in [6, 6.07) is 10.8. The number of nitrogens with zero attached hydrogens (tertiary/aromatic N) is 2.